The molecule has 0 saturated carbocycles. The highest BCUT2D eigenvalue weighted by molar-refractivity contribution is 5.79. The van der Waals surface area contributed by atoms with Gasteiger partial charge < -0.3 is 24.6 Å². The van der Waals surface area contributed by atoms with E-state index in [-0.39, 0.29) is 18.8 Å². The van der Waals surface area contributed by atoms with E-state index in [1.54, 1.807) is 19.5 Å². The van der Waals surface area contributed by atoms with Crippen LogP contribution in [0, 0.1) is 5.92 Å². The number of hydrogen-bond acceptors (Lipinski definition) is 8. The van der Waals surface area contributed by atoms with E-state index in [1.807, 2.05) is 16.7 Å². The molecule has 4 heterocycles. The van der Waals surface area contributed by atoms with Gasteiger partial charge >= 0.3 is 0 Å². The second-order valence-electron chi connectivity index (χ2n) is 8.06. The Morgan fingerprint density at radius 2 is 2.10 bits per heavy atom. The minimum Gasteiger partial charge on any atom is -0.388 e. The van der Waals surface area contributed by atoms with E-state index in [9.17, 15) is 5.11 Å². The van der Waals surface area contributed by atoms with Crippen molar-refractivity contribution < 1.29 is 9.84 Å². The van der Waals surface area contributed by atoms with Crippen molar-refractivity contribution in [1.82, 2.24) is 24.5 Å². The highest BCUT2D eigenvalue weighted by Crippen LogP contribution is 2.26. The molecular formula is C21H29N7O2. The lowest BCUT2D eigenvalue weighted by atomic mass is 9.97. The summed E-state index contributed by atoms with van der Waals surface area (Å²) in [7, 11) is 1.77. The first-order chi connectivity index (χ1) is 14.5. The third-order valence-electron chi connectivity index (χ3n) is 5.62. The van der Waals surface area contributed by atoms with Crippen molar-refractivity contribution in [3.63, 3.8) is 0 Å². The van der Waals surface area contributed by atoms with Crippen molar-refractivity contribution in [2.24, 2.45) is 5.92 Å². The number of rotatable bonds is 6. The van der Waals surface area contributed by atoms with Gasteiger partial charge in [-0.2, -0.15) is 4.98 Å². The van der Waals surface area contributed by atoms with Gasteiger partial charge in [0.15, 0.2) is 0 Å². The lowest BCUT2D eigenvalue weighted by Crippen LogP contribution is -2.43. The Labute approximate surface area is 176 Å². The van der Waals surface area contributed by atoms with Crippen LogP contribution in [0.3, 0.4) is 0 Å². The van der Waals surface area contributed by atoms with Gasteiger partial charge in [-0.15, -0.1) is 0 Å². The van der Waals surface area contributed by atoms with Gasteiger partial charge in [-0.05, 0) is 32.3 Å². The second-order valence-corrected chi connectivity index (χ2v) is 8.06. The summed E-state index contributed by atoms with van der Waals surface area (Å²) in [5, 5.41) is 12.9. The first kappa shape index (κ1) is 20.5. The Hall–Kier alpha value is -2.78. The van der Waals surface area contributed by atoms with Crippen LogP contribution < -0.4 is 10.2 Å². The van der Waals surface area contributed by atoms with Gasteiger partial charge in [0, 0.05) is 38.5 Å². The molecule has 160 valence electrons. The number of nitrogens with one attached hydrogen (secondary N) is 1. The summed E-state index contributed by atoms with van der Waals surface area (Å²) >= 11 is 0. The molecule has 0 spiro atoms. The molecule has 0 aromatic carbocycles. The molecule has 0 radical (unpaired) electrons. The molecule has 9 nitrogen and oxygen atoms in total. The van der Waals surface area contributed by atoms with Crippen molar-refractivity contribution in [1.29, 1.82) is 0 Å². The maximum atomic E-state index is 9.63. The maximum absolute atomic E-state index is 9.63. The number of pyridine rings is 1. The zero-order chi connectivity index (χ0) is 21.3. The van der Waals surface area contributed by atoms with Crippen molar-refractivity contribution >= 4 is 28.6 Å². The Morgan fingerprint density at radius 3 is 2.80 bits per heavy atom. The first-order valence-corrected chi connectivity index (χ1v) is 10.4. The number of nitrogens with zero attached hydrogens (tertiary/aromatic N) is 6. The van der Waals surface area contributed by atoms with E-state index in [2.05, 4.69) is 45.9 Å². The molecule has 0 bridgehead atoms. The van der Waals surface area contributed by atoms with E-state index >= 15 is 0 Å². The fourth-order valence-electron chi connectivity index (χ4n) is 4.16. The molecule has 9 heteroatoms. The molecule has 0 unspecified atom stereocenters. The zero-order valence-corrected chi connectivity index (χ0v) is 17.9. The third-order valence-corrected chi connectivity index (χ3v) is 5.62. The zero-order valence-electron chi connectivity index (χ0n) is 17.9. The van der Waals surface area contributed by atoms with Crippen LogP contribution in [0.5, 0.6) is 0 Å². The van der Waals surface area contributed by atoms with Crippen LogP contribution in [0.25, 0.3) is 11.0 Å². The summed E-state index contributed by atoms with van der Waals surface area (Å²) in [5.41, 5.74) is 1.69. The molecular weight excluding hydrogens is 382 g/mol. The average molecular weight is 412 g/mol. The highest BCUT2D eigenvalue weighted by Gasteiger charge is 2.27. The summed E-state index contributed by atoms with van der Waals surface area (Å²) in [5.74, 6) is 3.12. The van der Waals surface area contributed by atoms with Crippen LogP contribution >= 0.6 is 0 Å². The van der Waals surface area contributed by atoms with Gasteiger partial charge in [0.25, 0.3) is 0 Å². The smallest absolute Gasteiger partial charge is 0.227 e. The minimum absolute atomic E-state index is 0.108. The second kappa shape index (κ2) is 8.53. The molecule has 0 aliphatic carbocycles. The summed E-state index contributed by atoms with van der Waals surface area (Å²) in [6, 6.07) is 3.95. The lowest BCUT2D eigenvalue weighted by Gasteiger charge is -2.36. The normalized spacial score (nSPS) is 19.6. The largest absolute Gasteiger partial charge is 0.388 e. The number of hydrogen-bond donors (Lipinski definition) is 2. The number of aromatic nitrogens is 5. The average Bonchev–Trinajstić information content (AvgIpc) is 3.12. The van der Waals surface area contributed by atoms with Crippen LogP contribution in [-0.2, 0) is 11.3 Å². The predicted molar refractivity (Wildman–Crippen MR) is 116 cm³/mol. The number of anilines is 3. The molecule has 2 atom stereocenters. The van der Waals surface area contributed by atoms with E-state index in [0.29, 0.717) is 29.3 Å². The van der Waals surface area contributed by atoms with Gasteiger partial charge in [-0.3, -0.25) is 0 Å². The summed E-state index contributed by atoms with van der Waals surface area (Å²) in [4.78, 5) is 20.3. The monoisotopic (exact) mass is 411 g/mol. The van der Waals surface area contributed by atoms with E-state index in [4.69, 9.17) is 9.72 Å². The number of imidazole rings is 1. The molecule has 4 rings (SSSR count). The summed E-state index contributed by atoms with van der Waals surface area (Å²) in [6.07, 6.45) is 4.73. The number of aliphatic hydroxyl groups excluding tert-OH is 1. The van der Waals surface area contributed by atoms with Gasteiger partial charge in [-0.25, -0.2) is 15.0 Å². The number of fused-ring (bicyclic) bond motifs is 1. The highest BCUT2D eigenvalue weighted by atomic mass is 16.5. The van der Waals surface area contributed by atoms with Crippen LogP contribution in [0.1, 0.15) is 39.1 Å². The van der Waals surface area contributed by atoms with Crippen LogP contribution in [0.4, 0.5) is 17.6 Å². The molecule has 3 aromatic heterocycles. The number of ether oxygens (including phenoxy) is 1. The van der Waals surface area contributed by atoms with Crippen molar-refractivity contribution in [3.05, 3.63) is 30.4 Å². The molecule has 1 fully saturated rings. The van der Waals surface area contributed by atoms with Gasteiger partial charge in [0.2, 0.25) is 5.95 Å². The molecule has 3 aromatic rings. The van der Waals surface area contributed by atoms with E-state index in [0.717, 1.165) is 30.5 Å². The van der Waals surface area contributed by atoms with Crippen LogP contribution in [-0.4, -0.2) is 55.9 Å². The standard InChI is InChI=1S/C21H29N7O2/c1-13(2)28-16-9-19(23-10-15(16)24-20(28)12-29)25-18-5-7-22-21(26-18)27-8-6-17(30-4)14(3)11-27/h5,7,9-10,13-14,17,29H,6,8,11-12H2,1-4H3,(H,22,23,25,26)/t14-,17-/m1/s1. The van der Waals surface area contributed by atoms with Gasteiger partial charge in [-0.1, -0.05) is 6.92 Å². The van der Waals surface area contributed by atoms with E-state index < -0.39 is 0 Å². The van der Waals surface area contributed by atoms with E-state index in [1.165, 1.54) is 0 Å². The van der Waals surface area contributed by atoms with Crippen molar-refractivity contribution in [2.45, 2.75) is 45.9 Å². The molecule has 30 heavy (non-hydrogen) atoms. The SMILES string of the molecule is CO[C@@H]1CCN(c2nccc(Nc3cc4c(cn3)nc(CO)n4C(C)C)n2)C[C@H]1C. The Balaban J connectivity index is 1.57. The van der Waals surface area contributed by atoms with Crippen LogP contribution in [0.2, 0.25) is 0 Å². The van der Waals surface area contributed by atoms with Crippen molar-refractivity contribution in [3.8, 4) is 0 Å². The lowest BCUT2D eigenvalue weighted by molar-refractivity contribution is 0.0442. The fraction of sp³-hybridized carbons (Fsp3) is 0.524. The fourth-order valence-corrected chi connectivity index (χ4v) is 4.16. The number of piperidine rings is 1. The Morgan fingerprint density at radius 1 is 1.27 bits per heavy atom. The first-order valence-electron chi connectivity index (χ1n) is 10.4. The third kappa shape index (κ3) is 3.95. The predicted octanol–water partition coefficient (Wildman–Crippen LogP) is 2.90. The van der Waals surface area contributed by atoms with Gasteiger partial charge in [0.1, 0.15) is 29.6 Å². The number of aliphatic hydroxyl groups is 1. The molecule has 1 saturated heterocycles. The minimum atomic E-state index is -0.108. The topological polar surface area (TPSA) is 101 Å². The maximum Gasteiger partial charge on any atom is 0.227 e. The Bertz CT molecular complexity index is 1020. The van der Waals surface area contributed by atoms with Gasteiger partial charge in [0.05, 0.1) is 17.8 Å². The molecule has 2 N–H and O–H groups in total. The Kier molecular flexibility index (Phi) is 5.83. The number of methoxy groups -OCH3 is 1. The molecule has 0 amide bonds. The quantitative estimate of drug-likeness (QED) is 0.638. The van der Waals surface area contributed by atoms with Crippen molar-refractivity contribution in [2.75, 3.05) is 30.4 Å². The molecule has 1 aliphatic rings. The summed E-state index contributed by atoms with van der Waals surface area (Å²) < 4.78 is 7.57. The molecule has 1 aliphatic heterocycles. The summed E-state index contributed by atoms with van der Waals surface area (Å²) in [6.45, 7) is 7.96. The van der Waals surface area contributed by atoms with Crippen LogP contribution in [0.15, 0.2) is 24.5 Å².